The lowest BCUT2D eigenvalue weighted by molar-refractivity contribution is -0.0213. The van der Waals surface area contributed by atoms with E-state index in [4.69, 9.17) is 23.2 Å². The van der Waals surface area contributed by atoms with E-state index in [1.165, 1.54) is 75.3 Å². The van der Waals surface area contributed by atoms with Crippen molar-refractivity contribution in [1.82, 2.24) is 0 Å². The van der Waals surface area contributed by atoms with E-state index in [1.54, 1.807) is 11.1 Å². The summed E-state index contributed by atoms with van der Waals surface area (Å²) in [6, 6.07) is 41.6. The van der Waals surface area contributed by atoms with Crippen LogP contribution in [-0.2, 0) is 12.8 Å². The van der Waals surface area contributed by atoms with Crippen LogP contribution >= 0.6 is 23.2 Å². The Balaban J connectivity index is 1.34. The molecule has 4 aromatic carbocycles. The molecule has 0 bridgehead atoms. The van der Waals surface area contributed by atoms with Crippen LogP contribution in [0.4, 0.5) is 0 Å². The van der Waals surface area contributed by atoms with Crippen LogP contribution in [0.3, 0.4) is 0 Å². The van der Waals surface area contributed by atoms with Crippen LogP contribution in [0, 0.1) is 63.6 Å². The summed E-state index contributed by atoms with van der Waals surface area (Å²) in [5, 5.41) is 1.70. The van der Waals surface area contributed by atoms with Crippen molar-refractivity contribution in [3.63, 3.8) is 0 Å². The van der Waals surface area contributed by atoms with Crippen LogP contribution in [0.2, 0.25) is 10.0 Å². The van der Waals surface area contributed by atoms with Crippen molar-refractivity contribution in [3.05, 3.63) is 141 Å². The molecule has 4 aliphatic carbocycles. The van der Waals surface area contributed by atoms with Gasteiger partial charge in [0.2, 0.25) is 0 Å². The van der Waals surface area contributed by atoms with E-state index in [0.29, 0.717) is 41.4 Å². The van der Waals surface area contributed by atoms with Gasteiger partial charge in [-0.1, -0.05) is 163 Å². The van der Waals surface area contributed by atoms with E-state index in [0.717, 1.165) is 27.8 Å². The molecule has 0 heterocycles. The Hall–Kier alpha value is -2.54. The molecule has 0 aliphatic heterocycles. The van der Waals surface area contributed by atoms with Gasteiger partial charge in [0.05, 0.1) is 0 Å². The van der Waals surface area contributed by atoms with Crippen LogP contribution in [0.5, 0.6) is 0 Å². The maximum absolute atomic E-state index is 6.57. The van der Waals surface area contributed by atoms with Crippen LogP contribution in [0.15, 0.2) is 109 Å². The SMILES string of the molecule is CC(C)(C)C1CC2C3CC(C(C)(C)C)C(c4ccc(Cl)cc4)CC3C(C(Cc3ccccc3)(Cc3ccccc3)C3CCCC3)C2CC1c1ccc(Cl)cc1. The third kappa shape index (κ3) is 7.87. The van der Waals surface area contributed by atoms with Crippen molar-refractivity contribution in [1.29, 1.82) is 0 Å². The lowest BCUT2D eigenvalue weighted by Crippen LogP contribution is -2.48. The first kappa shape index (κ1) is 39.3. The Labute approximate surface area is 344 Å². The van der Waals surface area contributed by atoms with Crippen LogP contribution < -0.4 is 0 Å². The normalized spacial score (nSPS) is 30.2. The Morgan fingerprint density at radius 3 is 1.22 bits per heavy atom. The largest absolute Gasteiger partial charge is 0.0843 e. The van der Waals surface area contributed by atoms with Gasteiger partial charge in [0.25, 0.3) is 0 Å². The number of rotatable bonds is 8. The molecule has 0 N–H and O–H groups in total. The van der Waals surface area contributed by atoms with Gasteiger partial charge >= 0.3 is 0 Å². The van der Waals surface area contributed by atoms with E-state index in [2.05, 4.69) is 151 Å². The molecule has 292 valence electrons. The highest BCUT2D eigenvalue weighted by atomic mass is 35.5. The minimum Gasteiger partial charge on any atom is -0.0843 e. The summed E-state index contributed by atoms with van der Waals surface area (Å²) in [6.07, 6.45) is 13.2. The first-order valence-electron chi connectivity index (χ1n) is 21.9. The van der Waals surface area contributed by atoms with Gasteiger partial charge < -0.3 is 0 Å². The summed E-state index contributed by atoms with van der Waals surface area (Å²) in [6.45, 7) is 15.2. The smallest absolute Gasteiger partial charge is 0.0406 e. The van der Waals surface area contributed by atoms with Crippen LogP contribution in [-0.4, -0.2) is 0 Å². The van der Waals surface area contributed by atoms with Gasteiger partial charge in [-0.3, -0.25) is 0 Å². The summed E-state index contributed by atoms with van der Waals surface area (Å²) in [7, 11) is 0. The minimum absolute atomic E-state index is 0.194. The quantitative estimate of drug-likeness (QED) is 0.167. The fourth-order valence-electron chi connectivity index (χ4n) is 13.9. The topological polar surface area (TPSA) is 0 Å². The van der Waals surface area contributed by atoms with Crippen molar-refractivity contribution in [2.24, 2.45) is 63.6 Å². The molecule has 0 nitrogen and oxygen atoms in total. The molecule has 2 heteroatoms. The third-order valence-electron chi connectivity index (χ3n) is 16.1. The number of halogens is 2. The van der Waals surface area contributed by atoms with Gasteiger partial charge in [-0.15, -0.1) is 0 Å². The second-order valence-electron chi connectivity index (χ2n) is 20.9. The highest BCUT2D eigenvalue weighted by Crippen LogP contribution is 2.71. The molecule has 4 aromatic rings. The molecule has 0 radical (unpaired) electrons. The van der Waals surface area contributed by atoms with E-state index >= 15 is 0 Å². The van der Waals surface area contributed by atoms with Crippen molar-refractivity contribution < 1.29 is 0 Å². The fourth-order valence-corrected chi connectivity index (χ4v) is 14.1. The van der Waals surface area contributed by atoms with Crippen LogP contribution in [0.1, 0.15) is 127 Å². The van der Waals surface area contributed by atoms with Gasteiger partial charge in [-0.25, -0.2) is 0 Å². The summed E-state index contributed by atoms with van der Waals surface area (Å²) in [5.41, 5.74) is 6.76. The minimum atomic E-state index is 0.194. The molecule has 8 atom stereocenters. The monoisotopic (exact) mass is 772 g/mol. The maximum Gasteiger partial charge on any atom is 0.0406 e. The van der Waals surface area contributed by atoms with E-state index in [1.807, 2.05) is 0 Å². The zero-order valence-electron chi connectivity index (χ0n) is 34.5. The Bertz CT molecular complexity index is 1710. The second kappa shape index (κ2) is 15.7. The molecule has 0 amide bonds. The van der Waals surface area contributed by atoms with Crippen molar-refractivity contribution >= 4 is 23.2 Å². The molecule has 8 unspecified atom stereocenters. The zero-order valence-corrected chi connectivity index (χ0v) is 36.0. The predicted octanol–water partition coefficient (Wildman–Crippen LogP) is 15.5. The molecule has 0 saturated heterocycles. The van der Waals surface area contributed by atoms with Gasteiger partial charge in [0.1, 0.15) is 0 Å². The Kier molecular flexibility index (Phi) is 11.2. The molecule has 4 fully saturated rings. The number of benzene rings is 4. The molecule has 4 aliphatic rings. The number of hydrogen-bond donors (Lipinski definition) is 0. The molecule has 55 heavy (non-hydrogen) atoms. The van der Waals surface area contributed by atoms with Gasteiger partial charge in [-0.2, -0.15) is 0 Å². The zero-order chi connectivity index (χ0) is 38.5. The highest BCUT2D eigenvalue weighted by Gasteiger charge is 2.64. The third-order valence-corrected chi connectivity index (χ3v) is 16.6. The summed E-state index contributed by atoms with van der Waals surface area (Å²) < 4.78 is 0. The molecule has 8 rings (SSSR count). The van der Waals surface area contributed by atoms with Crippen LogP contribution in [0.25, 0.3) is 0 Å². The number of hydrogen-bond acceptors (Lipinski definition) is 0. The Morgan fingerprint density at radius 1 is 0.473 bits per heavy atom. The fraction of sp³-hybridized carbons (Fsp3) is 0.547. The summed E-state index contributed by atoms with van der Waals surface area (Å²) in [5.74, 6) is 6.68. The summed E-state index contributed by atoms with van der Waals surface area (Å²) in [4.78, 5) is 0. The van der Waals surface area contributed by atoms with Gasteiger partial charge in [0, 0.05) is 10.0 Å². The van der Waals surface area contributed by atoms with Crippen molar-refractivity contribution in [2.45, 2.75) is 118 Å². The first-order chi connectivity index (χ1) is 26.3. The average molecular weight is 774 g/mol. The number of fused-ring (bicyclic) bond motifs is 3. The molecule has 4 saturated carbocycles. The molecule has 0 aromatic heterocycles. The van der Waals surface area contributed by atoms with E-state index in [-0.39, 0.29) is 16.2 Å². The second-order valence-corrected chi connectivity index (χ2v) is 21.8. The standard InChI is InChI=1S/C53H66Cl2/c1-51(2,3)48-31-44-45-32-49(52(4,5)6)43(38-23-27-41(55)28-24-38)30-47(45)50(46(44)29-42(48)37-21-25-40(54)26-22-37)53(39-19-13-14-20-39,33-35-15-9-7-10-16-35)34-36-17-11-8-12-18-36/h7-12,15-18,21-28,39,42-50H,13-14,19-20,29-34H2,1-6H3. The lowest BCUT2D eigenvalue weighted by atomic mass is 9.51. The van der Waals surface area contributed by atoms with Crippen molar-refractivity contribution in [3.8, 4) is 0 Å². The maximum atomic E-state index is 6.57. The molecular weight excluding hydrogens is 707 g/mol. The highest BCUT2D eigenvalue weighted by molar-refractivity contribution is 6.30. The Morgan fingerprint density at radius 2 is 0.855 bits per heavy atom. The van der Waals surface area contributed by atoms with Crippen molar-refractivity contribution in [2.75, 3.05) is 0 Å². The van der Waals surface area contributed by atoms with E-state index < -0.39 is 0 Å². The predicted molar refractivity (Wildman–Crippen MR) is 235 cm³/mol. The average Bonchev–Trinajstić information content (AvgIpc) is 3.82. The summed E-state index contributed by atoms with van der Waals surface area (Å²) >= 11 is 13.1. The molecular formula is C53H66Cl2. The van der Waals surface area contributed by atoms with E-state index in [9.17, 15) is 0 Å². The molecule has 0 spiro atoms. The first-order valence-corrected chi connectivity index (χ1v) is 22.7. The lowest BCUT2D eigenvalue weighted by Gasteiger charge is -2.54. The van der Waals surface area contributed by atoms with Gasteiger partial charge in [0.15, 0.2) is 0 Å². The van der Waals surface area contributed by atoms with Gasteiger partial charge in [-0.05, 0) is 173 Å².